The van der Waals surface area contributed by atoms with Crippen LogP contribution in [0.25, 0.3) is 16.2 Å². The van der Waals surface area contributed by atoms with Crippen molar-refractivity contribution in [1.29, 1.82) is 0 Å². The number of rotatable bonds is 5. The third-order valence-corrected chi connectivity index (χ3v) is 7.44. The zero-order valence-corrected chi connectivity index (χ0v) is 17.2. The predicted molar refractivity (Wildman–Crippen MR) is 111 cm³/mol. The largest absolute Gasteiger partial charge is 0.240 e. The second-order valence-corrected chi connectivity index (χ2v) is 9.76. The van der Waals surface area contributed by atoms with Crippen LogP contribution in [-0.4, -0.2) is 28.2 Å². The van der Waals surface area contributed by atoms with Crippen LogP contribution in [-0.2, 0) is 29.4 Å². The van der Waals surface area contributed by atoms with Crippen molar-refractivity contribution in [3.63, 3.8) is 0 Å². The van der Waals surface area contributed by atoms with Crippen LogP contribution < -0.4 is 4.72 Å². The van der Waals surface area contributed by atoms with Gasteiger partial charge in [-0.25, -0.2) is 13.1 Å². The molecule has 29 heavy (non-hydrogen) atoms. The maximum absolute atomic E-state index is 12.8. The number of aromatic nitrogens is 4. The van der Waals surface area contributed by atoms with Gasteiger partial charge >= 0.3 is 0 Å². The lowest BCUT2D eigenvalue weighted by atomic mass is 9.92. The maximum Gasteiger partial charge on any atom is 0.240 e. The molecule has 3 heterocycles. The van der Waals surface area contributed by atoms with Crippen molar-refractivity contribution in [3.8, 4) is 10.6 Å². The van der Waals surface area contributed by atoms with Crippen LogP contribution in [0.3, 0.4) is 0 Å². The van der Waals surface area contributed by atoms with Gasteiger partial charge in [-0.2, -0.15) is 9.61 Å². The SMILES string of the molecule is O=S(=O)(NCc1nnc2ccc(-c3cccs3)nn12)c1ccc2c(c1)CCCC2. The zero-order valence-electron chi connectivity index (χ0n) is 15.6. The highest BCUT2D eigenvalue weighted by atomic mass is 32.2. The van der Waals surface area contributed by atoms with Gasteiger partial charge in [0.1, 0.15) is 5.69 Å². The molecule has 0 spiro atoms. The van der Waals surface area contributed by atoms with E-state index in [0.29, 0.717) is 16.4 Å². The van der Waals surface area contributed by atoms with E-state index in [-0.39, 0.29) is 6.54 Å². The Balaban J connectivity index is 1.40. The van der Waals surface area contributed by atoms with Crippen molar-refractivity contribution in [2.75, 3.05) is 0 Å². The summed E-state index contributed by atoms with van der Waals surface area (Å²) in [6.45, 7) is 0.0154. The summed E-state index contributed by atoms with van der Waals surface area (Å²) in [5.74, 6) is 0.444. The van der Waals surface area contributed by atoms with Gasteiger partial charge in [0, 0.05) is 0 Å². The highest BCUT2D eigenvalue weighted by Crippen LogP contribution is 2.25. The summed E-state index contributed by atoms with van der Waals surface area (Å²) in [6, 6.07) is 13.1. The summed E-state index contributed by atoms with van der Waals surface area (Å²) in [7, 11) is -3.65. The van der Waals surface area contributed by atoms with Crippen LogP contribution in [0.1, 0.15) is 29.8 Å². The molecular formula is C20H19N5O2S2. The van der Waals surface area contributed by atoms with E-state index < -0.39 is 10.0 Å². The first-order chi connectivity index (χ1) is 14.1. The van der Waals surface area contributed by atoms with Gasteiger partial charge in [-0.3, -0.25) is 0 Å². The average molecular weight is 426 g/mol. The van der Waals surface area contributed by atoms with E-state index in [0.717, 1.165) is 41.8 Å². The minimum Gasteiger partial charge on any atom is -0.207 e. The summed E-state index contributed by atoms with van der Waals surface area (Å²) in [6.07, 6.45) is 4.22. The standard InChI is InChI=1S/C20H19N5O2S2/c26-29(27,16-8-7-14-4-1-2-5-15(14)12-16)21-13-20-23-22-19-10-9-17(24-25(19)20)18-6-3-11-28-18/h3,6-12,21H,1-2,4-5,13H2. The van der Waals surface area contributed by atoms with Crippen LogP contribution in [0, 0.1) is 0 Å². The molecule has 0 unspecified atom stereocenters. The molecule has 1 aliphatic carbocycles. The Labute approximate surface area is 172 Å². The van der Waals surface area contributed by atoms with Crippen LogP contribution in [0.2, 0.25) is 0 Å². The monoisotopic (exact) mass is 425 g/mol. The summed E-state index contributed by atoms with van der Waals surface area (Å²) >= 11 is 1.59. The maximum atomic E-state index is 12.8. The quantitative estimate of drug-likeness (QED) is 0.530. The highest BCUT2D eigenvalue weighted by molar-refractivity contribution is 7.89. The third-order valence-electron chi connectivity index (χ3n) is 5.15. The molecule has 0 saturated carbocycles. The van der Waals surface area contributed by atoms with Gasteiger partial charge in [0.05, 0.1) is 16.3 Å². The molecule has 0 radical (unpaired) electrons. The molecule has 5 rings (SSSR count). The summed E-state index contributed by atoms with van der Waals surface area (Å²) in [4.78, 5) is 1.32. The van der Waals surface area contributed by atoms with Crippen LogP contribution in [0.5, 0.6) is 0 Å². The first-order valence-corrected chi connectivity index (χ1v) is 11.8. The smallest absolute Gasteiger partial charge is 0.207 e. The molecule has 1 N–H and O–H groups in total. The fraction of sp³-hybridized carbons (Fsp3) is 0.250. The molecule has 1 aliphatic rings. The third kappa shape index (κ3) is 3.57. The minimum absolute atomic E-state index is 0.0154. The lowest BCUT2D eigenvalue weighted by Gasteiger charge is -2.16. The Morgan fingerprint density at radius 2 is 1.90 bits per heavy atom. The minimum atomic E-state index is -3.65. The second kappa shape index (κ2) is 7.33. The van der Waals surface area contributed by atoms with E-state index in [1.54, 1.807) is 28.0 Å². The fourth-order valence-electron chi connectivity index (χ4n) is 3.62. The first-order valence-electron chi connectivity index (χ1n) is 9.47. The number of aryl methyl sites for hydroxylation is 2. The van der Waals surface area contributed by atoms with Gasteiger partial charge < -0.3 is 0 Å². The van der Waals surface area contributed by atoms with E-state index >= 15 is 0 Å². The van der Waals surface area contributed by atoms with Gasteiger partial charge in [0.25, 0.3) is 0 Å². The number of nitrogens with one attached hydrogen (secondary N) is 1. The second-order valence-electron chi connectivity index (χ2n) is 7.04. The number of hydrogen-bond donors (Lipinski definition) is 1. The van der Waals surface area contributed by atoms with E-state index in [9.17, 15) is 8.42 Å². The van der Waals surface area contributed by atoms with Crippen molar-refractivity contribution in [2.24, 2.45) is 0 Å². The van der Waals surface area contributed by atoms with Crippen molar-refractivity contribution >= 4 is 27.0 Å². The van der Waals surface area contributed by atoms with Crippen LogP contribution in [0.4, 0.5) is 0 Å². The Bertz CT molecular complexity index is 1280. The molecule has 9 heteroatoms. The molecule has 4 aromatic rings. The van der Waals surface area contributed by atoms with Crippen LogP contribution in [0.15, 0.2) is 52.7 Å². The molecule has 0 fully saturated rings. The molecule has 1 aromatic carbocycles. The lowest BCUT2D eigenvalue weighted by molar-refractivity contribution is 0.577. The Hall–Kier alpha value is -2.62. The molecule has 0 bridgehead atoms. The number of hydrogen-bond acceptors (Lipinski definition) is 6. The van der Waals surface area contributed by atoms with Crippen molar-refractivity contribution in [1.82, 2.24) is 24.5 Å². The van der Waals surface area contributed by atoms with Crippen LogP contribution >= 0.6 is 11.3 Å². The normalized spacial score (nSPS) is 14.2. The first kappa shape index (κ1) is 18.4. The number of fused-ring (bicyclic) bond motifs is 2. The number of nitrogens with zero attached hydrogens (tertiary/aromatic N) is 4. The van der Waals surface area contributed by atoms with Crippen molar-refractivity contribution < 1.29 is 8.42 Å². The van der Waals surface area contributed by atoms with Gasteiger partial charge in [-0.15, -0.1) is 21.5 Å². The molecule has 148 valence electrons. The molecule has 0 atom stereocenters. The van der Waals surface area contributed by atoms with E-state index in [1.807, 2.05) is 35.7 Å². The summed E-state index contributed by atoms with van der Waals surface area (Å²) in [5, 5.41) is 14.8. The van der Waals surface area contributed by atoms with Gasteiger partial charge in [0.15, 0.2) is 11.5 Å². The molecule has 0 saturated heterocycles. The summed E-state index contributed by atoms with van der Waals surface area (Å²) in [5.41, 5.74) is 3.76. The highest BCUT2D eigenvalue weighted by Gasteiger charge is 2.19. The number of sulfonamides is 1. The molecule has 0 aliphatic heterocycles. The van der Waals surface area contributed by atoms with E-state index in [1.165, 1.54) is 5.56 Å². The fourth-order valence-corrected chi connectivity index (χ4v) is 5.34. The van der Waals surface area contributed by atoms with Gasteiger partial charge in [-0.1, -0.05) is 12.1 Å². The molecule has 7 nitrogen and oxygen atoms in total. The van der Waals surface area contributed by atoms with Gasteiger partial charge in [-0.05, 0) is 72.5 Å². The zero-order chi connectivity index (χ0) is 19.8. The van der Waals surface area contributed by atoms with Crippen molar-refractivity contribution in [2.45, 2.75) is 37.1 Å². The van der Waals surface area contributed by atoms with Gasteiger partial charge in [0.2, 0.25) is 10.0 Å². The van der Waals surface area contributed by atoms with E-state index in [4.69, 9.17) is 0 Å². The topological polar surface area (TPSA) is 89.2 Å². The average Bonchev–Trinajstić information content (AvgIpc) is 3.41. The number of benzene rings is 1. The predicted octanol–water partition coefficient (Wildman–Crippen LogP) is 3.21. The summed E-state index contributed by atoms with van der Waals surface area (Å²) < 4.78 is 29.9. The Morgan fingerprint density at radius 3 is 2.72 bits per heavy atom. The van der Waals surface area contributed by atoms with E-state index in [2.05, 4.69) is 20.0 Å². The lowest BCUT2D eigenvalue weighted by Crippen LogP contribution is -2.25. The Kier molecular flexibility index (Phi) is 4.65. The molecular weight excluding hydrogens is 406 g/mol. The number of thiophene rings is 1. The Morgan fingerprint density at radius 1 is 1.03 bits per heavy atom. The van der Waals surface area contributed by atoms with Crippen molar-refractivity contribution in [3.05, 3.63) is 64.8 Å². The molecule has 3 aromatic heterocycles. The molecule has 0 amide bonds.